The molecule has 0 spiro atoms. The van der Waals surface area contributed by atoms with Gasteiger partial charge in [0.1, 0.15) is 0 Å². The lowest BCUT2D eigenvalue weighted by Crippen LogP contribution is -1.97. The number of hydrogen-bond acceptors (Lipinski definition) is 2. The van der Waals surface area contributed by atoms with Crippen molar-refractivity contribution in [3.05, 3.63) is 24.9 Å². The monoisotopic (exact) mass is 221 g/mol. The molecule has 3 nitrogen and oxygen atoms in total. The van der Waals surface area contributed by atoms with E-state index in [1.54, 1.807) is 6.20 Å². The molecule has 90 valence electrons. The molecule has 1 aromatic rings. The van der Waals surface area contributed by atoms with E-state index in [2.05, 4.69) is 30.5 Å². The summed E-state index contributed by atoms with van der Waals surface area (Å²) < 4.78 is 1.87. The third-order valence-electron chi connectivity index (χ3n) is 1.99. The molecule has 0 aromatic carbocycles. The van der Waals surface area contributed by atoms with Crippen LogP contribution in [-0.2, 0) is 6.54 Å². The molecule has 0 saturated carbocycles. The van der Waals surface area contributed by atoms with E-state index in [4.69, 9.17) is 0 Å². The molecule has 0 atom stereocenters. The van der Waals surface area contributed by atoms with E-state index in [-0.39, 0.29) is 0 Å². The van der Waals surface area contributed by atoms with E-state index in [0.717, 1.165) is 30.9 Å². The molecule has 0 aliphatic heterocycles. The zero-order valence-electron chi connectivity index (χ0n) is 10.9. The molecule has 0 aliphatic rings. The fourth-order valence-electron chi connectivity index (χ4n) is 1.27. The second-order valence-corrected chi connectivity index (χ2v) is 3.06. The Balaban J connectivity index is 0.00000106. The van der Waals surface area contributed by atoms with Gasteiger partial charge in [0.25, 0.3) is 0 Å². The molecule has 1 aromatic heterocycles. The fourth-order valence-corrected chi connectivity index (χ4v) is 1.27. The molecule has 0 radical (unpaired) electrons. The molecule has 16 heavy (non-hydrogen) atoms. The molecule has 0 bridgehead atoms. The lowest BCUT2D eigenvalue weighted by molar-refractivity contribution is 0.664. The molecular formula is C13H23N3. The van der Waals surface area contributed by atoms with Gasteiger partial charge in [-0.25, -0.2) is 9.67 Å². The number of aryl methyl sites for hydroxylation is 1. The predicted octanol–water partition coefficient (Wildman–Crippen LogP) is 3.99. The Morgan fingerprint density at radius 1 is 1.50 bits per heavy atom. The fraction of sp³-hybridized carbons (Fsp3) is 0.538. The average molecular weight is 221 g/mol. The number of aromatic nitrogens is 2. The number of allylic oxidation sites excluding steroid dienone is 1. The van der Waals surface area contributed by atoms with Crippen molar-refractivity contribution in [2.45, 2.75) is 47.1 Å². The lowest BCUT2D eigenvalue weighted by Gasteiger charge is -2.01. The smallest absolute Gasteiger partial charge is 0.150 e. The topological polar surface area (TPSA) is 30.2 Å². The summed E-state index contributed by atoms with van der Waals surface area (Å²) in [5, 5.41) is 4.16. The van der Waals surface area contributed by atoms with Crippen molar-refractivity contribution in [1.82, 2.24) is 9.78 Å². The highest BCUT2D eigenvalue weighted by Gasteiger charge is 1.99. The van der Waals surface area contributed by atoms with Crippen molar-refractivity contribution in [3.8, 4) is 0 Å². The van der Waals surface area contributed by atoms with E-state index in [1.807, 2.05) is 30.7 Å². The highest BCUT2D eigenvalue weighted by molar-refractivity contribution is 5.95. The van der Waals surface area contributed by atoms with Gasteiger partial charge >= 0.3 is 0 Å². The first-order chi connectivity index (χ1) is 7.81. The van der Waals surface area contributed by atoms with Gasteiger partial charge in [0.05, 0.1) is 6.20 Å². The largest absolute Gasteiger partial charge is 0.248 e. The van der Waals surface area contributed by atoms with Crippen molar-refractivity contribution in [2.75, 3.05) is 0 Å². The van der Waals surface area contributed by atoms with Crippen molar-refractivity contribution in [2.24, 2.45) is 4.99 Å². The molecule has 1 rings (SSSR count). The SMILES string of the molecule is C=C/C(CCC)=N\c1ccnn1CC.CC. The minimum Gasteiger partial charge on any atom is -0.248 e. The summed E-state index contributed by atoms with van der Waals surface area (Å²) in [4.78, 5) is 4.50. The summed E-state index contributed by atoms with van der Waals surface area (Å²) in [5.74, 6) is 0.913. The van der Waals surface area contributed by atoms with Crippen LogP contribution in [-0.4, -0.2) is 15.5 Å². The molecule has 0 aliphatic carbocycles. The lowest BCUT2D eigenvalue weighted by atomic mass is 10.2. The first-order valence-corrected chi connectivity index (χ1v) is 6.03. The second-order valence-electron chi connectivity index (χ2n) is 3.06. The molecule has 0 N–H and O–H groups in total. The maximum atomic E-state index is 4.50. The Labute approximate surface area is 98.9 Å². The van der Waals surface area contributed by atoms with E-state index in [0.29, 0.717) is 0 Å². The van der Waals surface area contributed by atoms with Gasteiger partial charge in [-0.3, -0.25) is 0 Å². The molecule has 0 saturated heterocycles. The molecule has 0 fully saturated rings. The number of nitrogens with zero attached hydrogens (tertiary/aromatic N) is 3. The number of aliphatic imine (C=N–C) groups is 1. The first-order valence-electron chi connectivity index (χ1n) is 6.03. The Morgan fingerprint density at radius 3 is 2.69 bits per heavy atom. The Morgan fingerprint density at radius 2 is 2.19 bits per heavy atom. The Hall–Kier alpha value is -1.38. The van der Waals surface area contributed by atoms with Crippen molar-refractivity contribution in [1.29, 1.82) is 0 Å². The first kappa shape index (κ1) is 14.6. The molecule has 0 amide bonds. The average Bonchev–Trinajstić information content (AvgIpc) is 2.78. The maximum absolute atomic E-state index is 4.50. The van der Waals surface area contributed by atoms with E-state index in [9.17, 15) is 0 Å². The zero-order valence-corrected chi connectivity index (χ0v) is 10.9. The van der Waals surface area contributed by atoms with Gasteiger partial charge in [-0.2, -0.15) is 5.10 Å². The van der Waals surface area contributed by atoms with Gasteiger partial charge in [0, 0.05) is 18.3 Å². The standard InChI is InChI=1S/C11H17N3.C2H6/c1-4-7-10(5-2)13-11-8-9-12-14(11)6-3;1-2/h5,8-9H,2,4,6-7H2,1,3H3;1-2H3/b13-10+;. The third kappa shape index (κ3) is 4.43. The van der Waals surface area contributed by atoms with Crippen LogP contribution in [0, 0.1) is 0 Å². The third-order valence-corrected chi connectivity index (χ3v) is 1.99. The van der Waals surface area contributed by atoms with Gasteiger partial charge in [-0.1, -0.05) is 33.8 Å². The maximum Gasteiger partial charge on any atom is 0.150 e. The van der Waals surface area contributed by atoms with Gasteiger partial charge in [-0.05, 0) is 19.4 Å². The zero-order chi connectivity index (χ0) is 12.4. The summed E-state index contributed by atoms with van der Waals surface area (Å²) in [6.45, 7) is 12.8. The van der Waals surface area contributed by atoms with E-state index < -0.39 is 0 Å². The van der Waals surface area contributed by atoms with Crippen LogP contribution < -0.4 is 0 Å². The van der Waals surface area contributed by atoms with Crippen LogP contribution in [0.4, 0.5) is 5.82 Å². The minimum atomic E-state index is 0.850. The summed E-state index contributed by atoms with van der Waals surface area (Å²) in [6.07, 6.45) is 5.65. The summed E-state index contributed by atoms with van der Waals surface area (Å²) in [6, 6.07) is 1.92. The van der Waals surface area contributed by atoms with Gasteiger partial charge < -0.3 is 0 Å². The Kier molecular flexibility index (Phi) is 8.12. The quantitative estimate of drug-likeness (QED) is 0.691. The van der Waals surface area contributed by atoms with Gasteiger partial charge in [-0.15, -0.1) is 0 Å². The van der Waals surface area contributed by atoms with Crippen LogP contribution in [0.15, 0.2) is 29.9 Å². The van der Waals surface area contributed by atoms with Gasteiger partial charge in [0.15, 0.2) is 5.82 Å². The minimum absolute atomic E-state index is 0.850. The van der Waals surface area contributed by atoms with E-state index >= 15 is 0 Å². The summed E-state index contributed by atoms with van der Waals surface area (Å²) >= 11 is 0. The predicted molar refractivity (Wildman–Crippen MR) is 71.4 cm³/mol. The van der Waals surface area contributed by atoms with Crippen molar-refractivity contribution >= 4 is 11.5 Å². The van der Waals surface area contributed by atoms with Crippen LogP contribution in [0.2, 0.25) is 0 Å². The van der Waals surface area contributed by atoms with E-state index in [1.165, 1.54) is 0 Å². The number of rotatable bonds is 5. The number of hydrogen-bond donors (Lipinski definition) is 0. The van der Waals surface area contributed by atoms with Crippen molar-refractivity contribution in [3.63, 3.8) is 0 Å². The highest BCUT2D eigenvalue weighted by Crippen LogP contribution is 2.12. The summed E-state index contributed by atoms with van der Waals surface area (Å²) in [5.41, 5.74) is 1.03. The van der Waals surface area contributed by atoms with Crippen LogP contribution in [0.3, 0.4) is 0 Å². The Bertz CT molecular complexity index is 324. The normalized spacial score (nSPS) is 10.6. The van der Waals surface area contributed by atoms with Gasteiger partial charge in [0.2, 0.25) is 0 Å². The second kappa shape index (κ2) is 8.89. The van der Waals surface area contributed by atoms with Crippen LogP contribution in [0.25, 0.3) is 0 Å². The molecule has 0 unspecified atom stereocenters. The van der Waals surface area contributed by atoms with Crippen LogP contribution >= 0.6 is 0 Å². The molecule has 3 heteroatoms. The summed E-state index contributed by atoms with van der Waals surface area (Å²) in [7, 11) is 0. The molecular weight excluding hydrogens is 198 g/mol. The highest BCUT2D eigenvalue weighted by atomic mass is 15.3. The van der Waals surface area contributed by atoms with Crippen LogP contribution in [0.1, 0.15) is 40.5 Å². The molecule has 1 heterocycles. The van der Waals surface area contributed by atoms with Crippen molar-refractivity contribution < 1.29 is 0 Å². The van der Waals surface area contributed by atoms with Crippen LogP contribution in [0.5, 0.6) is 0 Å².